The number of carboxylic acids is 1. The Morgan fingerprint density at radius 1 is 1.36 bits per heavy atom. The Labute approximate surface area is 134 Å². The maximum Gasteiger partial charge on any atom is 0.326 e. The lowest BCUT2D eigenvalue weighted by atomic mass is 10.1. The standard InChI is InChI=1S/C14H23NO6S/c1-5-10(7-22-9(2)16)12(17)15-8-14(20-3,21-4)6-11(15)13(18)19/h10-11H,5-8H2,1-4H3,(H,18,19)/t10?,11-/m0/s1. The maximum atomic E-state index is 12.7. The van der Waals surface area contributed by atoms with Crippen molar-refractivity contribution in [3.05, 3.63) is 0 Å². The van der Waals surface area contributed by atoms with Crippen LogP contribution in [0.3, 0.4) is 0 Å². The van der Waals surface area contributed by atoms with Crippen molar-refractivity contribution in [2.24, 2.45) is 5.92 Å². The summed E-state index contributed by atoms with van der Waals surface area (Å²) in [6.45, 7) is 3.35. The zero-order valence-corrected chi connectivity index (χ0v) is 14.1. The van der Waals surface area contributed by atoms with Gasteiger partial charge in [-0.3, -0.25) is 9.59 Å². The number of methoxy groups -OCH3 is 2. The average Bonchev–Trinajstić information content (AvgIpc) is 2.88. The fraction of sp³-hybridized carbons (Fsp3) is 0.786. The number of thioether (sulfide) groups is 1. The number of hydrogen-bond acceptors (Lipinski definition) is 6. The monoisotopic (exact) mass is 333 g/mol. The molecule has 0 aromatic rings. The largest absolute Gasteiger partial charge is 0.480 e. The van der Waals surface area contributed by atoms with Crippen molar-refractivity contribution < 1.29 is 29.0 Å². The molecule has 1 rings (SSSR count). The van der Waals surface area contributed by atoms with Crippen LogP contribution in [-0.2, 0) is 23.9 Å². The van der Waals surface area contributed by atoms with E-state index >= 15 is 0 Å². The Morgan fingerprint density at radius 3 is 2.36 bits per heavy atom. The molecule has 1 saturated heterocycles. The van der Waals surface area contributed by atoms with Gasteiger partial charge in [0, 0.05) is 39.2 Å². The van der Waals surface area contributed by atoms with Crippen LogP contribution in [-0.4, -0.2) is 65.3 Å². The van der Waals surface area contributed by atoms with E-state index in [2.05, 4.69) is 0 Å². The van der Waals surface area contributed by atoms with Crippen molar-refractivity contribution in [3.8, 4) is 0 Å². The summed E-state index contributed by atoms with van der Waals surface area (Å²) >= 11 is 1.08. The summed E-state index contributed by atoms with van der Waals surface area (Å²) in [6.07, 6.45) is 0.617. The molecule has 0 radical (unpaired) electrons. The normalized spacial score (nSPS) is 21.6. The quantitative estimate of drug-likeness (QED) is 0.694. The lowest BCUT2D eigenvalue weighted by molar-refractivity contribution is -0.197. The van der Waals surface area contributed by atoms with E-state index in [0.29, 0.717) is 12.2 Å². The van der Waals surface area contributed by atoms with Gasteiger partial charge in [0.15, 0.2) is 10.9 Å². The molecule has 0 aliphatic carbocycles. The third-order valence-electron chi connectivity index (χ3n) is 3.93. The van der Waals surface area contributed by atoms with Crippen molar-refractivity contribution in [2.45, 2.75) is 38.5 Å². The van der Waals surface area contributed by atoms with Crippen LogP contribution >= 0.6 is 11.8 Å². The lowest BCUT2D eigenvalue weighted by Crippen LogP contribution is -2.45. The molecule has 1 aliphatic heterocycles. The molecule has 1 aliphatic rings. The van der Waals surface area contributed by atoms with Crippen LogP contribution in [0, 0.1) is 5.92 Å². The first-order chi connectivity index (χ1) is 10.3. The second-order valence-corrected chi connectivity index (χ2v) is 6.45. The van der Waals surface area contributed by atoms with E-state index in [1.54, 1.807) is 0 Å². The number of likely N-dealkylation sites (tertiary alicyclic amines) is 1. The summed E-state index contributed by atoms with van der Waals surface area (Å²) < 4.78 is 10.6. The predicted octanol–water partition coefficient (Wildman–Crippen LogP) is 0.967. The number of aliphatic carboxylic acids is 1. The minimum absolute atomic E-state index is 0.0643. The molecule has 1 N–H and O–H groups in total. The first kappa shape index (κ1) is 18.9. The van der Waals surface area contributed by atoms with Gasteiger partial charge in [0.25, 0.3) is 0 Å². The lowest BCUT2D eigenvalue weighted by Gasteiger charge is -2.28. The van der Waals surface area contributed by atoms with Gasteiger partial charge >= 0.3 is 5.97 Å². The summed E-state index contributed by atoms with van der Waals surface area (Å²) in [4.78, 5) is 36.5. The van der Waals surface area contributed by atoms with Gasteiger partial charge < -0.3 is 19.5 Å². The number of nitrogens with zero attached hydrogens (tertiary/aromatic N) is 1. The van der Waals surface area contributed by atoms with Gasteiger partial charge in [-0.2, -0.15) is 0 Å². The van der Waals surface area contributed by atoms with E-state index in [4.69, 9.17) is 9.47 Å². The first-order valence-corrected chi connectivity index (χ1v) is 8.05. The number of hydrogen-bond donors (Lipinski definition) is 1. The molecule has 0 spiro atoms. The molecule has 0 aromatic heterocycles. The maximum absolute atomic E-state index is 12.7. The first-order valence-electron chi connectivity index (χ1n) is 7.07. The minimum atomic E-state index is -1.09. The predicted molar refractivity (Wildman–Crippen MR) is 81.4 cm³/mol. The number of amides is 1. The molecule has 1 heterocycles. The molecule has 1 amide bonds. The van der Waals surface area contributed by atoms with Crippen molar-refractivity contribution >= 4 is 28.8 Å². The molecule has 1 unspecified atom stereocenters. The summed E-state index contributed by atoms with van der Waals surface area (Å²) in [6, 6.07) is -0.983. The second-order valence-electron chi connectivity index (χ2n) is 5.25. The SMILES string of the molecule is CCC(CSC(C)=O)C(=O)N1CC(OC)(OC)C[C@H]1C(=O)O. The average molecular weight is 333 g/mol. The third kappa shape index (κ3) is 4.21. The van der Waals surface area contributed by atoms with Crippen LogP contribution < -0.4 is 0 Å². The number of carboxylic acid groups (broad SMARTS) is 1. The van der Waals surface area contributed by atoms with Crippen LogP contribution in [0.15, 0.2) is 0 Å². The van der Waals surface area contributed by atoms with Crippen molar-refractivity contribution in [1.82, 2.24) is 4.90 Å². The number of carbonyl (C=O) groups excluding carboxylic acids is 2. The molecular weight excluding hydrogens is 310 g/mol. The van der Waals surface area contributed by atoms with E-state index in [-0.39, 0.29) is 24.0 Å². The van der Waals surface area contributed by atoms with E-state index in [9.17, 15) is 19.5 Å². The van der Waals surface area contributed by atoms with Gasteiger partial charge in [0.1, 0.15) is 6.04 Å². The summed E-state index contributed by atoms with van der Waals surface area (Å²) in [7, 11) is 2.86. The molecule has 2 atom stereocenters. The van der Waals surface area contributed by atoms with Crippen LogP contribution in [0.4, 0.5) is 0 Å². The zero-order chi connectivity index (χ0) is 16.9. The van der Waals surface area contributed by atoms with Crippen LogP contribution in [0.1, 0.15) is 26.7 Å². The molecule has 0 bridgehead atoms. The van der Waals surface area contributed by atoms with Gasteiger partial charge in [-0.1, -0.05) is 18.7 Å². The highest BCUT2D eigenvalue weighted by Crippen LogP contribution is 2.33. The van der Waals surface area contributed by atoms with Crippen LogP contribution in [0.5, 0.6) is 0 Å². The number of carbonyl (C=O) groups is 3. The smallest absolute Gasteiger partial charge is 0.326 e. The Kier molecular flexibility index (Phi) is 6.83. The van der Waals surface area contributed by atoms with Gasteiger partial charge in [-0.15, -0.1) is 0 Å². The molecule has 22 heavy (non-hydrogen) atoms. The highest BCUT2D eigenvalue weighted by molar-refractivity contribution is 8.13. The summed E-state index contributed by atoms with van der Waals surface area (Å²) in [5, 5.41) is 9.30. The Hall–Kier alpha value is -1.12. The minimum Gasteiger partial charge on any atom is -0.480 e. The fourth-order valence-electron chi connectivity index (χ4n) is 2.49. The molecule has 0 aromatic carbocycles. The van der Waals surface area contributed by atoms with E-state index < -0.39 is 23.7 Å². The highest BCUT2D eigenvalue weighted by Gasteiger charge is 2.50. The molecule has 7 nitrogen and oxygen atoms in total. The molecule has 1 fully saturated rings. The van der Waals surface area contributed by atoms with E-state index in [1.165, 1.54) is 26.0 Å². The highest BCUT2D eigenvalue weighted by atomic mass is 32.2. The Bertz CT molecular complexity index is 437. The Balaban J connectivity index is 2.92. The summed E-state index contributed by atoms with van der Waals surface area (Å²) in [5.74, 6) is -2.51. The van der Waals surface area contributed by atoms with Gasteiger partial charge in [0.2, 0.25) is 5.91 Å². The number of rotatable bonds is 7. The van der Waals surface area contributed by atoms with Crippen LogP contribution in [0.25, 0.3) is 0 Å². The third-order valence-corrected chi connectivity index (χ3v) is 4.91. The van der Waals surface area contributed by atoms with Crippen LogP contribution in [0.2, 0.25) is 0 Å². The molecule has 0 saturated carbocycles. The topological polar surface area (TPSA) is 93.1 Å². The van der Waals surface area contributed by atoms with Crippen molar-refractivity contribution in [2.75, 3.05) is 26.5 Å². The van der Waals surface area contributed by atoms with Gasteiger partial charge in [-0.05, 0) is 6.42 Å². The number of ether oxygens (including phenoxy) is 2. The Morgan fingerprint density at radius 2 is 1.95 bits per heavy atom. The fourth-order valence-corrected chi connectivity index (χ4v) is 3.30. The summed E-state index contributed by atoms with van der Waals surface area (Å²) in [5.41, 5.74) is 0. The van der Waals surface area contributed by atoms with Gasteiger partial charge in [0.05, 0.1) is 6.54 Å². The second kappa shape index (κ2) is 7.94. The molecule has 8 heteroatoms. The van der Waals surface area contributed by atoms with Crippen molar-refractivity contribution in [1.29, 1.82) is 0 Å². The van der Waals surface area contributed by atoms with Crippen molar-refractivity contribution in [3.63, 3.8) is 0 Å². The van der Waals surface area contributed by atoms with Gasteiger partial charge in [-0.25, -0.2) is 4.79 Å². The zero-order valence-electron chi connectivity index (χ0n) is 13.3. The van der Waals surface area contributed by atoms with E-state index in [1.807, 2.05) is 6.92 Å². The molecule has 126 valence electrons. The molecular formula is C14H23NO6S. The van der Waals surface area contributed by atoms with E-state index in [0.717, 1.165) is 11.8 Å².